The molecule has 3 rings (SSSR count). The summed E-state index contributed by atoms with van der Waals surface area (Å²) < 4.78 is 30.2. The van der Waals surface area contributed by atoms with Crippen LogP contribution in [-0.2, 0) is 0 Å². The number of nitro groups is 1. The zero-order valence-corrected chi connectivity index (χ0v) is 13.8. The Morgan fingerprint density at radius 2 is 1.96 bits per heavy atom. The van der Waals surface area contributed by atoms with Crippen LogP contribution >= 0.6 is 0 Å². The molecule has 26 heavy (non-hydrogen) atoms. The summed E-state index contributed by atoms with van der Waals surface area (Å²) >= 11 is 0. The van der Waals surface area contributed by atoms with Gasteiger partial charge in [-0.1, -0.05) is 6.42 Å². The largest absolute Gasteiger partial charge is 0.433 e. The lowest BCUT2D eigenvalue weighted by atomic mass is 9.87. The molecule has 1 fully saturated rings. The van der Waals surface area contributed by atoms with Crippen molar-refractivity contribution >= 4 is 23.3 Å². The highest BCUT2D eigenvalue weighted by Crippen LogP contribution is 2.44. The Morgan fingerprint density at radius 1 is 1.27 bits per heavy atom. The summed E-state index contributed by atoms with van der Waals surface area (Å²) in [5.74, 6) is -0.328. The molecule has 0 amide bonds. The maximum atomic E-state index is 12.8. The van der Waals surface area contributed by atoms with Gasteiger partial charge in [-0.05, 0) is 31.7 Å². The third-order valence-corrected chi connectivity index (χ3v) is 4.46. The minimum absolute atomic E-state index is 0.0117. The average Bonchev–Trinajstić information content (AvgIpc) is 2.55. The number of nitro benzene ring substituents is 1. The zero-order valence-electron chi connectivity index (χ0n) is 13.8. The maximum Gasteiger partial charge on any atom is 0.387 e. The topological polar surface area (TPSA) is 132 Å². The van der Waals surface area contributed by atoms with Crippen molar-refractivity contribution in [3.63, 3.8) is 0 Å². The number of non-ortho nitro benzene ring substituents is 1. The van der Waals surface area contributed by atoms with E-state index < -0.39 is 17.2 Å². The summed E-state index contributed by atoms with van der Waals surface area (Å²) in [6.45, 7) is -3.10. The quantitative estimate of drug-likeness (QED) is 0.619. The highest BCUT2D eigenvalue weighted by atomic mass is 19.3. The van der Waals surface area contributed by atoms with Crippen molar-refractivity contribution in [3.8, 4) is 5.75 Å². The van der Waals surface area contributed by atoms with Gasteiger partial charge < -0.3 is 16.2 Å². The Bertz CT molecular complexity index is 777. The molecule has 0 aromatic heterocycles. The fourth-order valence-electron chi connectivity index (χ4n) is 3.46. The molecule has 9 nitrogen and oxygen atoms in total. The predicted molar refractivity (Wildman–Crippen MR) is 91.3 cm³/mol. The first kappa shape index (κ1) is 17.8. The highest BCUT2D eigenvalue weighted by molar-refractivity contribution is 6.06. The Labute approximate surface area is 147 Å². The molecule has 1 aromatic rings. The molecule has 4 N–H and O–H groups in total. The first-order chi connectivity index (χ1) is 12.3. The van der Waals surface area contributed by atoms with Crippen LogP contribution in [0, 0.1) is 10.1 Å². The molecule has 140 valence electrons. The first-order valence-electron chi connectivity index (χ1n) is 8.05. The van der Waals surface area contributed by atoms with Gasteiger partial charge in [0.1, 0.15) is 11.4 Å². The molecule has 1 aliphatic heterocycles. The number of nitrogens with zero attached hydrogens (tertiary/aromatic N) is 4. The molecular weight excluding hydrogens is 350 g/mol. The molecule has 0 bridgehead atoms. The number of nitrogens with two attached hydrogens (primary N) is 2. The summed E-state index contributed by atoms with van der Waals surface area (Å²) in [5, 5.41) is 11.2. The maximum absolute atomic E-state index is 12.8. The number of hydrogen-bond donors (Lipinski definition) is 2. The van der Waals surface area contributed by atoms with Crippen molar-refractivity contribution in [2.45, 2.75) is 44.4 Å². The van der Waals surface area contributed by atoms with E-state index in [4.69, 9.17) is 11.5 Å². The van der Waals surface area contributed by atoms with Crippen LogP contribution in [0.4, 0.5) is 20.2 Å². The molecular formula is C15H18F2N6O3. The number of alkyl halides is 2. The van der Waals surface area contributed by atoms with Gasteiger partial charge in [-0.25, -0.2) is 4.99 Å². The van der Waals surface area contributed by atoms with Gasteiger partial charge in [-0.2, -0.15) is 13.8 Å². The molecule has 1 spiro atoms. The second-order valence-corrected chi connectivity index (χ2v) is 6.11. The smallest absolute Gasteiger partial charge is 0.387 e. The zero-order chi connectivity index (χ0) is 18.9. The second kappa shape index (κ2) is 6.73. The van der Waals surface area contributed by atoms with Crippen LogP contribution in [0.15, 0.2) is 28.2 Å². The van der Waals surface area contributed by atoms with Crippen LogP contribution in [0.2, 0.25) is 0 Å². The SMILES string of the molecule is NC1=NC2(CCCCC2)N(c2cc([N+](=O)[O-])ccc2OC(F)F)C(N)=N1. The van der Waals surface area contributed by atoms with Crippen LogP contribution < -0.4 is 21.1 Å². The van der Waals surface area contributed by atoms with E-state index in [0.717, 1.165) is 37.5 Å². The molecule has 2 aliphatic rings. The fraction of sp³-hybridized carbons (Fsp3) is 0.467. The van der Waals surface area contributed by atoms with E-state index in [9.17, 15) is 18.9 Å². The van der Waals surface area contributed by atoms with Crippen LogP contribution in [-0.4, -0.2) is 29.1 Å². The van der Waals surface area contributed by atoms with E-state index in [-0.39, 0.29) is 29.0 Å². The number of anilines is 1. The summed E-state index contributed by atoms with van der Waals surface area (Å²) in [7, 11) is 0. The monoisotopic (exact) mass is 368 g/mol. The van der Waals surface area contributed by atoms with Gasteiger partial charge in [-0.15, -0.1) is 0 Å². The third kappa shape index (κ3) is 3.24. The van der Waals surface area contributed by atoms with Crippen molar-refractivity contribution < 1.29 is 18.4 Å². The van der Waals surface area contributed by atoms with Crippen molar-refractivity contribution in [3.05, 3.63) is 28.3 Å². The molecule has 0 unspecified atom stereocenters. The van der Waals surface area contributed by atoms with Crippen LogP contribution in [0.5, 0.6) is 5.75 Å². The average molecular weight is 368 g/mol. The summed E-state index contributed by atoms with van der Waals surface area (Å²) in [5.41, 5.74) is 10.6. The molecule has 1 heterocycles. The minimum Gasteiger partial charge on any atom is -0.433 e. The third-order valence-electron chi connectivity index (χ3n) is 4.46. The van der Waals surface area contributed by atoms with Crippen molar-refractivity contribution in [1.82, 2.24) is 0 Å². The lowest BCUT2D eigenvalue weighted by Gasteiger charge is -2.45. The standard InChI is InChI=1S/C15H18F2N6O3/c16-12(17)26-11-5-4-9(23(24)25)8-10(11)22-14(19)20-13(18)21-15(22)6-2-1-3-7-15/h4-5,8,12H,1-3,6-7H2,(H4,18,19,20,21). The molecule has 1 aromatic carbocycles. The molecule has 0 atom stereocenters. The fourth-order valence-corrected chi connectivity index (χ4v) is 3.46. The first-order valence-corrected chi connectivity index (χ1v) is 8.05. The predicted octanol–water partition coefficient (Wildman–Crippen LogP) is 2.31. The number of hydrogen-bond acceptors (Lipinski definition) is 8. The number of rotatable bonds is 4. The van der Waals surface area contributed by atoms with E-state index in [0.29, 0.717) is 12.8 Å². The van der Waals surface area contributed by atoms with Gasteiger partial charge in [0.15, 0.2) is 0 Å². The highest BCUT2D eigenvalue weighted by Gasteiger charge is 2.44. The number of guanidine groups is 2. The lowest BCUT2D eigenvalue weighted by molar-refractivity contribution is -0.384. The van der Waals surface area contributed by atoms with Crippen LogP contribution in [0.1, 0.15) is 32.1 Å². The van der Waals surface area contributed by atoms with E-state index in [1.54, 1.807) is 0 Å². The molecule has 1 saturated carbocycles. The van der Waals surface area contributed by atoms with E-state index >= 15 is 0 Å². The van der Waals surface area contributed by atoms with Crippen molar-refractivity contribution in [1.29, 1.82) is 0 Å². The molecule has 1 aliphatic carbocycles. The van der Waals surface area contributed by atoms with Gasteiger partial charge in [-0.3, -0.25) is 15.0 Å². The lowest BCUT2D eigenvalue weighted by Crippen LogP contribution is -2.58. The van der Waals surface area contributed by atoms with Gasteiger partial charge in [0.2, 0.25) is 11.9 Å². The van der Waals surface area contributed by atoms with Crippen LogP contribution in [0.3, 0.4) is 0 Å². The molecule has 11 heteroatoms. The Hall–Kier alpha value is -2.98. The summed E-state index contributed by atoms with van der Waals surface area (Å²) in [4.78, 5) is 20.3. The van der Waals surface area contributed by atoms with Gasteiger partial charge >= 0.3 is 6.61 Å². The van der Waals surface area contributed by atoms with Gasteiger partial charge in [0.05, 0.1) is 10.6 Å². The van der Waals surface area contributed by atoms with E-state index in [1.807, 2.05) is 0 Å². The number of benzene rings is 1. The number of halogens is 2. The number of aliphatic imine (C=N–C) groups is 2. The summed E-state index contributed by atoms with van der Waals surface area (Å²) in [6.07, 6.45) is 3.74. The normalized spacial score (nSPS) is 19.3. The Kier molecular flexibility index (Phi) is 4.62. The van der Waals surface area contributed by atoms with E-state index in [1.165, 1.54) is 4.90 Å². The van der Waals surface area contributed by atoms with Crippen molar-refractivity contribution in [2.75, 3.05) is 4.90 Å². The molecule has 0 radical (unpaired) electrons. The van der Waals surface area contributed by atoms with Gasteiger partial charge in [0, 0.05) is 12.1 Å². The number of ether oxygens (including phenoxy) is 1. The minimum atomic E-state index is -3.10. The van der Waals surface area contributed by atoms with Crippen molar-refractivity contribution in [2.24, 2.45) is 21.5 Å². The molecule has 0 saturated heterocycles. The Balaban J connectivity index is 2.16. The van der Waals surface area contributed by atoms with E-state index in [2.05, 4.69) is 14.7 Å². The summed E-state index contributed by atoms with van der Waals surface area (Å²) in [6, 6.07) is 3.34. The Morgan fingerprint density at radius 3 is 2.58 bits per heavy atom. The van der Waals surface area contributed by atoms with Crippen LogP contribution in [0.25, 0.3) is 0 Å². The second-order valence-electron chi connectivity index (χ2n) is 6.11. The van der Waals surface area contributed by atoms with Gasteiger partial charge in [0.25, 0.3) is 5.69 Å².